The van der Waals surface area contributed by atoms with E-state index >= 15 is 0 Å². The maximum Gasteiger partial charge on any atom is 0.351 e. The van der Waals surface area contributed by atoms with E-state index in [-0.39, 0.29) is 5.78 Å². The highest BCUT2D eigenvalue weighted by Crippen LogP contribution is 2.20. The number of Topliss-reactive ketones (excluding diaryl/α,β-unsaturated/α-hetero) is 1. The number of carbonyl (C=O) groups excluding carboxylic acids is 2. The van der Waals surface area contributed by atoms with Gasteiger partial charge in [0.1, 0.15) is 0 Å². The second-order valence-electron chi connectivity index (χ2n) is 3.45. The second kappa shape index (κ2) is 4.06. The van der Waals surface area contributed by atoms with Crippen LogP contribution in [0.5, 0.6) is 0 Å². The highest BCUT2D eigenvalue weighted by molar-refractivity contribution is 6.31. The van der Waals surface area contributed by atoms with E-state index in [0.717, 1.165) is 0 Å². The minimum atomic E-state index is -0.932. The van der Waals surface area contributed by atoms with Crippen LogP contribution in [-0.2, 0) is 9.63 Å². The number of hydrogen-bond donors (Lipinski definition) is 0. The van der Waals surface area contributed by atoms with Crippen LogP contribution in [-0.4, -0.2) is 17.5 Å². The first kappa shape index (κ1) is 10.8. The van der Waals surface area contributed by atoms with Gasteiger partial charge in [-0.3, -0.25) is 4.79 Å². The minimum Gasteiger partial charge on any atom is -0.317 e. The van der Waals surface area contributed by atoms with Crippen LogP contribution >= 0.6 is 11.6 Å². The largest absolute Gasteiger partial charge is 0.351 e. The third kappa shape index (κ3) is 1.84. The molecule has 2 rings (SSSR count). The molecule has 1 aliphatic rings. The number of ketones is 1. The fourth-order valence-corrected chi connectivity index (χ4v) is 1.69. The molecule has 0 saturated heterocycles. The first-order chi connectivity index (χ1) is 7.59. The Kier molecular flexibility index (Phi) is 2.75. The van der Waals surface area contributed by atoms with Crippen LogP contribution in [0.15, 0.2) is 29.4 Å². The number of hydrogen-bond acceptors (Lipinski definition) is 4. The summed E-state index contributed by atoms with van der Waals surface area (Å²) in [5.74, 6) is -1.91. The van der Waals surface area contributed by atoms with E-state index in [0.29, 0.717) is 16.3 Å². The van der Waals surface area contributed by atoms with E-state index in [1.165, 1.54) is 6.07 Å². The molecule has 0 amide bonds. The Labute approximate surface area is 96.8 Å². The number of halogens is 1. The van der Waals surface area contributed by atoms with E-state index in [1.807, 2.05) is 0 Å². The zero-order valence-corrected chi connectivity index (χ0v) is 9.19. The molecule has 82 valence electrons. The van der Waals surface area contributed by atoms with Crippen LogP contribution in [0, 0.1) is 5.92 Å². The Hall–Kier alpha value is -1.68. The normalized spacial score (nSPS) is 19.2. The molecule has 0 aliphatic carbocycles. The fraction of sp³-hybridized carbons (Fsp3) is 0.182. The quantitative estimate of drug-likeness (QED) is 0.450. The molecule has 4 nitrogen and oxygen atoms in total. The summed E-state index contributed by atoms with van der Waals surface area (Å²) >= 11 is 5.77. The maximum absolute atomic E-state index is 12.0. The third-order valence-electron chi connectivity index (χ3n) is 2.30. The molecular weight excluding hydrogens is 230 g/mol. The van der Waals surface area contributed by atoms with Crippen molar-refractivity contribution in [2.24, 2.45) is 11.1 Å². The van der Waals surface area contributed by atoms with Gasteiger partial charge in [0.2, 0.25) is 0 Å². The van der Waals surface area contributed by atoms with Gasteiger partial charge in [0, 0.05) is 10.6 Å². The summed E-state index contributed by atoms with van der Waals surface area (Å²) < 4.78 is 0. The van der Waals surface area contributed by atoms with Gasteiger partial charge in [0.25, 0.3) is 0 Å². The molecule has 1 heterocycles. The Morgan fingerprint density at radius 3 is 2.81 bits per heavy atom. The molecule has 0 saturated carbocycles. The fourth-order valence-electron chi connectivity index (χ4n) is 1.50. The molecule has 0 aromatic heterocycles. The van der Waals surface area contributed by atoms with Crippen molar-refractivity contribution in [2.45, 2.75) is 6.92 Å². The van der Waals surface area contributed by atoms with E-state index in [2.05, 4.69) is 9.99 Å². The average molecular weight is 238 g/mol. The van der Waals surface area contributed by atoms with Crippen LogP contribution in [0.4, 0.5) is 0 Å². The third-order valence-corrected chi connectivity index (χ3v) is 2.54. The number of oxime groups is 1. The summed E-state index contributed by atoms with van der Waals surface area (Å²) in [5, 5.41) is 3.93. The first-order valence-corrected chi connectivity index (χ1v) is 5.02. The Morgan fingerprint density at radius 2 is 2.25 bits per heavy atom. The van der Waals surface area contributed by atoms with E-state index in [1.54, 1.807) is 25.1 Å². The summed E-state index contributed by atoms with van der Waals surface area (Å²) in [4.78, 5) is 27.7. The standard InChI is InChI=1S/C11H8ClNO3/c1-6-9(11(15)16-13-6)10(14)7-3-2-4-8(12)5-7/h2-5,9H,1H3. The minimum absolute atomic E-state index is 0.341. The van der Waals surface area contributed by atoms with Crippen LogP contribution in [0.25, 0.3) is 0 Å². The van der Waals surface area contributed by atoms with Crippen LogP contribution in [0.1, 0.15) is 17.3 Å². The van der Waals surface area contributed by atoms with Gasteiger partial charge in [-0.15, -0.1) is 0 Å². The van der Waals surface area contributed by atoms with E-state index in [4.69, 9.17) is 11.6 Å². The lowest BCUT2D eigenvalue weighted by atomic mass is 9.94. The van der Waals surface area contributed by atoms with Crippen molar-refractivity contribution in [1.82, 2.24) is 0 Å². The van der Waals surface area contributed by atoms with Crippen LogP contribution < -0.4 is 0 Å². The van der Waals surface area contributed by atoms with Crippen molar-refractivity contribution >= 4 is 29.1 Å². The molecule has 0 N–H and O–H groups in total. The number of carbonyl (C=O) groups is 2. The summed E-state index contributed by atoms with van der Waals surface area (Å²) in [6.07, 6.45) is 0. The summed E-state index contributed by atoms with van der Waals surface area (Å²) in [7, 11) is 0. The summed E-state index contributed by atoms with van der Waals surface area (Å²) in [6.45, 7) is 1.58. The van der Waals surface area contributed by atoms with Gasteiger partial charge in [-0.1, -0.05) is 28.9 Å². The molecule has 0 bridgehead atoms. The molecule has 1 aromatic rings. The number of rotatable bonds is 2. The Bertz CT molecular complexity index is 496. The zero-order chi connectivity index (χ0) is 11.7. The predicted molar refractivity (Wildman–Crippen MR) is 58.5 cm³/mol. The second-order valence-corrected chi connectivity index (χ2v) is 3.89. The number of nitrogens with zero attached hydrogens (tertiary/aromatic N) is 1. The van der Waals surface area contributed by atoms with Gasteiger partial charge in [-0.2, -0.15) is 0 Å². The van der Waals surface area contributed by atoms with E-state index in [9.17, 15) is 9.59 Å². The van der Waals surface area contributed by atoms with Crippen molar-refractivity contribution in [3.05, 3.63) is 34.9 Å². The maximum atomic E-state index is 12.0. The average Bonchev–Trinajstić information content (AvgIpc) is 2.58. The molecule has 1 atom stereocenters. The smallest absolute Gasteiger partial charge is 0.317 e. The van der Waals surface area contributed by atoms with Crippen molar-refractivity contribution < 1.29 is 14.4 Å². The van der Waals surface area contributed by atoms with Gasteiger partial charge in [-0.25, -0.2) is 4.79 Å². The predicted octanol–water partition coefficient (Wildman–Crippen LogP) is 2.07. The SMILES string of the molecule is CC1=NOC(=O)C1C(=O)c1cccc(Cl)c1. The lowest BCUT2D eigenvalue weighted by Crippen LogP contribution is -2.26. The van der Waals surface area contributed by atoms with Crippen LogP contribution in [0.2, 0.25) is 5.02 Å². The molecular formula is C11H8ClNO3. The Morgan fingerprint density at radius 1 is 1.50 bits per heavy atom. The Balaban J connectivity index is 2.32. The highest BCUT2D eigenvalue weighted by Gasteiger charge is 2.36. The topological polar surface area (TPSA) is 55.7 Å². The molecule has 16 heavy (non-hydrogen) atoms. The van der Waals surface area contributed by atoms with E-state index < -0.39 is 11.9 Å². The zero-order valence-electron chi connectivity index (χ0n) is 8.44. The van der Waals surface area contributed by atoms with Gasteiger partial charge in [-0.05, 0) is 19.1 Å². The lowest BCUT2D eigenvalue weighted by Gasteiger charge is -2.05. The molecule has 1 aromatic carbocycles. The van der Waals surface area contributed by atoms with Gasteiger partial charge in [0.15, 0.2) is 11.7 Å². The monoisotopic (exact) mass is 237 g/mol. The highest BCUT2D eigenvalue weighted by atomic mass is 35.5. The molecule has 1 aliphatic heterocycles. The van der Waals surface area contributed by atoms with Crippen molar-refractivity contribution in [3.63, 3.8) is 0 Å². The molecule has 1 unspecified atom stereocenters. The van der Waals surface area contributed by atoms with Crippen molar-refractivity contribution in [2.75, 3.05) is 0 Å². The molecule has 0 fully saturated rings. The van der Waals surface area contributed by atoms with Crippen molar-refractivity contribution in [3.8, 4) is 0 Å². The summed E-state index contributed by atoms with van der Waals surface area (Å²) in [5.41, 5.74) is 0.751. The first-order valence-electron chi connectivity index (χ1n) is 4.64. The molecule has 0 radical (unpaired) electrons. The van der Waals surface area contributed by atoms with Crippen LogP contribution in [0.3, 0.4) is 0 Å². The lowest BCUT2D eigenvalue weighted by molar-refractivity contribution is -0.142. The number of benzene rings is 1. The van der Waals surface area contributed by atoms with Gasteiger partial charge >= 0.3 is 5.97 Å². The van der Waals surface area contributed by atoms with Crippen molar-refractivity contribution in [1.29, 1.82) is 0 Å². The molecule has 5 heteroatoms. The molecule has 0 spiro atoms. The summed E-state index contributed by atoms with van der Waals surface area (Å²) in [6, 6.07) is 6.43. The van der Waals surface area contributed by atoms with Gasteiger partial charge in [0.05, 0.1) is 5.71 Å². The van der Waals surface area contributed by atoms with Gasteiger partial charge < -0.3 is 4.84 Å².